The molecular weight excluding hydrogens is 305 g/mol. The molecule has 0 fully saturated rings. The molecule has 0 heterocycles. The van der Waals surface area contributed by atoms with Gasteiger partial charge >= 0.3 is 0 Å². The van der Waals surface area contributed by atoms with Crippen LogP contribution in [0.1, 0.15) is 36.5 Å². The standard InChI is InChI=1S/C17H17Cl2NO/c1-11(2)14-5-3-12(4-6-14)10-21-17-15(18)7-13(9-20)8-16(17)19/h3-9,11,20H,10H2,1-2H3. The quantitative estimate of drug-likeness (QED) is 0.704. The third-order valence-corrected chi connectivity index (χ3v) is 3.78. The first-order chi connectivity index (χ1) is 10.0. The Hall–Kier alpha value is -1.51. The van der Waals surface area contributed by atoms with Crippen molar-refractivity contribution in [3.63, 3.8) is 0 Å². The van der Waals surface area contributed by atoms with E-state index < -0.39 is 0 Å². The van der Waals surface area contributed by atoms with E-state index in [4.69, 9.17) is 33.3 Å². The van der Waals surface area contributed by atoms with Crippen molar-refractivity contribution < 1.29 is 4.74 Å². The van der Waals surface area contributed by atoms with Crippen LogP contribution >= 0.6 is 23.2 Å². The second kappa shape index (κ2) is 6.97. The summed E-state index contributed by atoms with van der Waals surface area (Å²) in [6.45, 7) is 4.73. The highest BCUT2D eigenvalue weighted by Gasteiger charge is 2.09. The van der Waals surface area contributed by atoms with Crippen LogP contribution in [-0.2, 0) is 6.61 Å². The monoisotopic (exact) mass is 321 g/mol. The van der Waals surface area contributed by atoms with Gasteiger partial charge in [0.15, 0.2) is 5.75 Å². The summed E-state index contributed by atoms with van der Waals surface area (Å²) in [7, 11) is 0. The Morgan fingerprint density at radius 1 is 1.10 bits per heavy atom. The first-order valence-corrected chi connectivity index (χ1v) is 7.48. The fourth-order valence-electron chi connectivity index (χ4n) is 1.95. The van der Waals surface area contributed by atoms with Crippen molar-refractivity contribution >= 4 is 29.4 Å². The van der Waals surface area contributed by atoms with Gasteiger partial charge in [-0.1, -0.05) is 61.3 Å². The molecule has 0 unspecified atom stereocenters. The molecule has 0 aliphatic rings. The lowest BCUT2D eigenvalue weighted by Crippen LogP contribution is -1.98. The SMILES string of the molecule is CC(C)c1ccc(COc2c(Cl)cc(C=N)cc2Cl)cc1. The van der Waals surface area contributed by atoms with E-state index in [1.165, 1.54) is 11.8 Å². The fraction of sp³-hybridized carbons (Fsp3) is 0.235. The van der Waals surface area contributed by atoms with E-state index >= 15 is 0 Å². The maximum absolute atomic E-state index is 7.22. The lowest BCUT2D eigenvalue weighted by molar-refractivity contribution is 0.306. The van der Waals surface area contributed by atoms with Crippen molar-refractivity contribution in [1.29, 1.82) is 5.41 Å². The van der Waals surface area contributed by atoms with Crippen molar-refractivity contribution in [1.82, 2.24) is 0 Å². The van der Waals surface area contributed by atoms with Crippen LogP contribution < -0.4 is 4.74 Å². The molecule has 0 saturated carbocycles. The Morgan fingerprint density at radius 3 is 2.14 bits per heavy atom. The van der Waals surface area contributed by atoms with Crippen LogP contribution in [-0.4, -0.2) is 6.21 Å². The minimum atomic E-state index is 0.405. The summed E-state index contributed by atoms with van der Waals surface area (Å²) in [5.74, 6) is 0.967. The summed E-state index contributed by atoms with van der Waals surface area (Å²) in [5.41, 5.74) is 3.01. The first-order valence-electron chi connectivity index (χ1n) is 6.72. The van der Waals surface area contributed by atoms with Gasteiger partial charge < -0.3 is 10.1 Å². The normalized spacial score (nSPS) is 10.7. The van der Waals surface area contributed by atoms with E-state index in [1.807, 2.05) is 12.1 Å². The smallest absolute Gasteiger partial charge is 0.157 e. The van der Waals surface area contributed by atoms with E-state index in [0.29, 0.717) is 33.9 Å². The Labute approximate surface area is 135 Å². The highest BCUT2D eigenvalue weighted by atomic mass is 35.5. The summed E-state index contributed by atoms with van der Waals surface area (Å²) in [4.78, 5) is 0. The lowest BCUT2D eigenvalue weighted by atomic mass is 10.0. The van der Waals surface area contributed by atoms with Crippen molar-refractivity contribution in [2.45, 2.75) is 26.4 Å². The summed E-state index contributed by atoms with van der Waals surface area (Å²) >= 11 is 12.3. The molecule has 0 radical (unpaired) electrons. The average molecular weight is 322 g/mol. The Morgan fingerprint density at radius 2 is 1.67 bits per heavy atom. The number of hydrogen-bond acceptors (Lipinski definition) is 2. The van der Waals surface area contributed by atoms with Gasteiger partial charge in [0.25, 0.3) is 0 Å². The molecule has 1 N–H and O–H groups in total. The molecule has 0 bridgehead atoms. The van der Waals surface area contributed by atoms with Crippen LogP contribution in [0.2, 0.25) is 10.0 Å². The van der Waals surface area contributed by atoms with Crippen molar-refractivity contribution in [2.75, 3.05) is 0 Å². The third-order valence-electron chi connectivity index (χ3n) is 3.22. The highest BCUT2D eigenvalue weighted by Crippen LogP contribution is 2.34. The Kier molecular flexibility index (Phi) is 5.27. The van der Waals surface area contributed by atoms with Crippen molar-refractivity contribution in [2.24, 2.45) is 0 Å². The second-order valence-electron chi connectivity index (χ2n) is 5.14. The van der Waals surface area contributed by atoms with Gasteiger partial charge in [-0.15, -0.1) is 0 Å². The summed E-state index contributed by atoms with van der Waals surface area (Å²) in [5, 5.41) is 8.05. The predicted molar refractivity (Wildman–Crippen MR) is 89.2 cm³/mol. The number of benzene rings is 2. The third kappa shape index (κ3) is 3.99. The molecule has 2 rings (SSSR count). The minimum Gasteiger partial charge on any atom is -0.486 e. The Balaban J connectivity index is 2.11. The zero-order chi connectivity index (χ0) is 15.4. The van der Waals surface area contributed by atoms with Crippen LogP contribution in [0.4, 0.5) is 0 Å². The zero-order valence-electron chi connectivity index (χ0n) is 12.0. The zero-order valence-corrected chi connectivity index (χ0v) is 13.5. The summed E-state index contributed by atoms with van der Waals surface area (Å²) < 4.78 is 5.71. The fourth-order valence-corrected chi connectivity index (χ4v) is 2.57. The molecule has 2 aromatic carbocycles. The van der Waals surface area contributed by atoms with Gasteiger partial charge in [-0.25, -0.2) is 0 Å². The van der Waals surface area contributed by atoms with E-state index in [-0.39, 0.29) is 0 Å². The van der Waals surface area contributed by atoms with Crippen molar-refractivity contribution in [3.05, 3.63) is 63.1 Å². The molecule has 110 valence electrons. The lowest BCUT2D eigenvalue weighted by Gasteiger charge is -2.12. The van der Waals surface area contributed by atoms with Gasteiger partial charge in [-0.2, -0.15) is 0 Å². The van der Waals surface area contributed by atoms with E-state index in [9.17, 15) is 0 Å². The van der Waals surface area contributed by atoms with Gasteiger partial charge in [0, 0.05) is 6.21 Å². The molecule has 0 spiro atoms. The van der Waals surface area contributed by atoms with Crippen LogP contribution in [0.15, 0.2) is 36.4 Å². The molecule has 2 aromatic rings. The summed E-state index contributed by atoms with van der Waals surface area (Å²) in [6, 6.07) is 11.6. The maximum Gasteiger partial charge on any atom is 0.157 e. The summed E-state index contributed by atoms with van der Waals surface area (Å²) in [6.07, 6.45) is 1.20. The van der Waals surface area contributed by atoms with E-state index in [2.05, 4.69) is 26.0 Å². The van der Waals surface area contributed by atoms with Gasteiger partial charge in [-0.3, -0.25) is 0 Å². The molecule has 0 aromatic heterocycles. The van der Waals surface area contributed by atoms with Gasteiger partial charge in [0.05, 0.1) is 10.0 Å². The molecule has 0 aliphatic heterocycles. The predicted octanol–water partition coefficient (Wildman–Crippen LogP) is 5.69. The average Bonchev–Trinajstić information content (AvgIpc) is 2.46. The number of rotatable bonds is 5. The minimum absolute atomic E-state index is 0.405. The van der Waals surface area contributed by atoms with Gasteiger partial charge in [0.1, 0.15) is 6.61 Å². The maximum atomic E-state index is 7.22. The highest BCUT2D eigenvalue weighted by molar-refractivity contribution is 6.37. The van der Waals surface area contributed by atoms with Crippen LogP contribution in [0.3, 0.4) is 0 Å². The van der Waals surface area contributed by atoms with Gasteiger partial charge in [-0.05, 0) is 34.7 Å². The van der Waals surface area contributed by atoms with Crippen LogP contribution in [0.5, 0.6) is 5.75 Å². The van der Waals surface area contributed by atoms with E-state index in [1.54, 1.807) is 12.1 Å². The van der Waals surface area contributed by atoms with Crippen molar-refractivity contribution in [3.8, 4) is 5.75 Å². The number of ether oxygens (including phenoxy) is 1. The molecule has 2 nitrogen and oxygen atoms in total. The molecule has 21 heavy (non-hydrogen) atoms. The molecule has 0 saturated heterocycles. The molecule has 0 amide bonds. The first kappa shape index (κ1) is 15.9. The van der Waals surface area contributed by atoms with Crippen LogP contribution in [0.25, 0.3) is 0 Å². The molecular formula is C17H17Cl2NO. The molecule has 0 aliphatic carbocycles. The number of halogens is 2. The number of nitrogens with one attached hydrogen (secondary N) is 1. The van der Waals surface area contributed by atoms with Crippen LogP contribution in [0, 0.1) is 5.41 Å². The van der Waals surface area contributed by atoms with E-state index in [0.717, 1.165) is 5.56 Å². The number of hydrogen-bond donors (Lipinski definition) is 1. The molecule has 0 atom stereocenters. The Bertz CT molecular complexity index is 613. The topological polar surface area (TPSA) is 33.1 Å². The largest absolute Gasteiger partial charge is 0.486 e. The molecule has 4 heteroatoms. The second-order valence-corrected chi connectivity index (χ2v) is 5.96. The van der Waals surface area contributed by atoms with Gasteiger partial charge in [0.2, 0.25) is 0 Å².